The third-order valence-corrected chi connectivity index (χ3v) is 9.52. The number of benzene rings is 1. The predicted octanol–water partition coefficient (Wildman–Crippen LogP) is 2.84. The normalized spacial score (nSPS) is 20.4. The van der Waals surface area contributed by atoms with Gasteiger partial charge in [-0.25, -0.2) is 13.4 Å². The molecule has 1 aromatic carbocycles. The first-order valence-corrected chi connectivity index (χ1v) is 14.1. The molecular weight excluding hydrogens is 504 g/mol. The summed E-state index contributed by atoms with van der Waals surface area (Å²) in [6, 6.07) is 5.05. The highest BCUT2D eigenvalue weighted by molar-refractivity contribution is 7.89. The molecule has 1 N–H and O–H groups in total. The van der Waals surface area contributed by atoms with Crippen molar-refractivity contribution in [2.24, 2.45) is 11.8 Å². The van der Waals surface area contributed by atoms with E-state index in [1.54, 1.807) is 25.1 Å². The molecule has 0 saturated carbocycles. The van der Waals surface area contributed by atoms with Gasteiger partial charge < -0.3 is 14.8 Å². The van der Waals surface area contributed by atoms with Gasteiger partial charge in [-0.05, 0) is 37.3 Å². The van der Waals surface area contributed by atoms with E-state index in [0.29, 0.717) is 53.2 Å². The van der Waals surface area contributed by atoms with Crippen LogP contribution in [0.1, 0.15) is 25.1 Å². The minimum absolute atomic E-state index is 0.00268. The quantitative estimate of drug-likeness (QED) is 0.537. The lowest BCUT2D eigenvalue weighted by Crippen LogP contribution is -2.42. The molecule has 1 amide bonds. The number of piperidine rings is 1. The van der Waals surface area contributed by atoms with Crippen LogP contribution in [0.2, 0.25) is 0 Å². The number of hydrogen-bond donors (Lipinski definition) is 1. The highest BCUT2D eigenvalue weighted by Crippen LogP contribution is 2.35. The molecule has 2 atom stereocenters. The highest BCUT2D eigenvalue weighted by Gasteiger charge is 2.35. The molecule has 0 bridgehead atoms. The Morgan fingerprint density at radius 1 is 1.17 bits per heavy atom. The number of nitrogens with one attached hydrogen (secondary N) is 1. The number of aromatic nitrogens is 2. The summed E-state index contributed by atoms with van der Waals surface area (Å²) in [6.07, 6.45) is 2.24. The Morgan fingerprint density at radius 3 is 2.58 bits per heavy atom. The fraction of sp³-hybridized carbons (Fsp3) is 0.458. The number of anilines is 1. The SMILES string of the molecule is Cc1sc2ncn(CC(=O)Nc3ccc4c(c3)OCCO4)c(=O)c2c1S(=O)(=O)N1C[C@@H](C)C[C@H](C)C1. The number of rotatable bonds is 5. The smallest absolute Gasteiger partial charge is 0.263 e. The summed E-state index contributed by atoms with van der Waals surface area (Å²) in [5.74, 6) is 1.14. The first-order chi connectivity index (χ1) is 17.1. The van der Waals surface area contributed by atoms with Crippen LogP contribution in [0.3, 0.4) is 0 Å². The van der Waals surface area contributed by atoms with Crippen molar-refractivity contribution in [1.29, 1.82) is 0 Å². The Hall–Kier alpha value is -2.96. The molecule has 2 aromatic heterocycles. The number of aryl methyl sites for hydroxylation is 1. The molecule has 1 fully saturated rings. The number of fused-ring (bicyclic) bond motifs is 2. The molecule has 4 heterocycles. The lowest BCUT2D eigenvalue weighted by molar-refractivity contribution is -0.116. The minimum Gasteiger partial charge on any atom is -0.486 e. The van der Waals surface area contributed by atoms with Crippen LogP contribution in [0.25, 0.3) is 10.2 Å². The van der Waals surface area contributed by atoms with Gasteiger partial charge >= 0.3 is 0 Å². The average molecular weight is 533 g/mol. The number of sulfonamides is 1. The van der Waals surface area contributed by atoms with Crippen molar-refractivity contribution in [2.45, 2.75) is 38.6 Å². The zero-order valence-electron chi connectivity index (χ0n) is 20.3. The number of carbonyl (C=O) groups excluding carboxylic acids is 1. The summed E-state index contributed by atoms with van der Waals surface area (Å²) in [5, 5.41) is 2.78. The topological polar surface area (TPSA) is 120 Å². The van der Waals surface area contributed by atoms with E-state index in [1.807, 2.05) is 13.8 Å². The van der Waals surface area contributed by atoms with Crippen molar-refractivity contribution in [3.8, 4) is 11.5 Å². The summed E-state index contributed by atoms with van der Waals surface area (Å²) >= 11 is 1.17. The van der Waals surface area contributed by atoms with Crippen LogP contribution < -0.4 is 20.3 Å². The van der Waals surface area contributed by atoms with Crippen LogP contribution in [-0.4, -0.2) is 54.5 Å². The molecular formula is C24H28N4O6S2. The molecule has 5 rings (SSSR count). The average Bonchev–Trinajstić information content (AvgIpc) is 3.17. The van der Waals surface area contributed by atoms with Gasteiger partial charge in [0.15, 0.2) is 11.5 Å². The summed E-state index contributed by atoms with van der Waals surface area (Å²) in [6.45, 7) is 7.15. The lowest BCUT2D eigenvalue weighted by Gasteiger charge is -2.34. The summed E-state index contributed by atoms with van der Waals surface area (Å²) in [4.78, 5) is 31.4. The largest absolute Gasteiger partial charge is 0.486 e. The van der Waals surface area contributed by atoms with Crippen LogP contribution >= 0.6 is 11.3 Å². The molecule has 0 radical (unpaired) electrons. The van der Waals surface area contributed by atoms with E-state index in [9.17, 15) is 18.0 Å². The van der Waals surface area contributed by atoms with Crippen molar-refractivity contribution in [3.63, 3.8) is 0 Å². The first kappa shape index (κ1) is 24.7. The minimum atomic E-state index is -3.90. The van der Waals surface area contributed by atoms with Gasteiger partial charge in [-0.3, -0.25) is 14.2 Å². The maximum absolute atomic E-state index is 13.7. The Bertz CT molecular complexity index is 1490. The van der Waals surface area contributed by atoms with Crippen LogP contribution in [0, 0.1) is 18.8 Å². The summed E-state index contributed by atoms with van der Waals surface area (Å²) < 4.78 is 41.0. The summed E-state index contributed by atoms with van der Waals surface area (Å²) in [7, 11) is -3.90. The fourth-order valence-corrected chi connectivity index (χ4v) is 8.29. The van der Waals surface area contributed by atoms with E-state index in [-0.39, 0.29) is 28.7 Å². The van der Waals surface area contributed by atoms with Crippen molar-refractivity contribution in [3.05, 3.63) is 39.8 Å². The van der Waals surface area contributed by atoms with E-state index in [0.717, 1.165) is 11.0 Å². The zero-order chi connectivity index (χ0) is 25.6. The van der Waals surface area contributed by atoms with Gasteiger partial charge in [0.25, 0.3) is 5.56 Å². The molecule has 0 unspecified atom stereocenters. The molecule has 2 aliphatic heterocycles. The van der Waals surface area contributed by atoms with Gasteiger partial charge in [-0.1, -0.05) is 13.8 Å². The molecule has 36 heavy (non-hydrogen) atoms. The molecule has 3 aromatic rings. The first-order valence-electron chi connectivity index (χ1n) is 11.8. The summed E-state index contributed by atoms with van der Waals surface area (Å²) in [5.41, 5.74) is -0.0623. The Labute approximate surface area is 212 Å². The number of thiophene rings is 1. The predicted molar refractivity (Wildman–Crippen MR) is 136 cm³/mol. The van der Waals surface area contributed by atoms with E-state index in [2.05, 4.69) is 10.3 Å². The van der Waals surface area contributed by atoms with Gasteiger partial charge in [0.1, 0.15) is 29.5 Å². The number of nitrogens with zero attached hydrogens (tertiary/aromatic N) is 3. The van der Waals surface area contributed by atoms with Gasteiger partial charge in [-0.15, -0.1) is 11.3 Å². The van der Waals surface area contributed by atoms with Gasteiger partial charge in [0, 0.05) is 29.7 Å². The number of amides is 1. The molecule has 10 nitrogen and oxygen atoms in total. The maximum Gasteiger partial charge on any atom is 0.263 e. The fourth-order valence-electron chi connectivity index (χ4n) is 4.94. The van der Waals surface area contributed by atoms with Crippen molar-refractivity contribution in [2.75, 3.05) is 31.6 Å². The standard InChI is InChI=1S/C24H28N4O6S2/c1-14-8-15(2)11-28(10-14)36(31,32)22-16(3)35-23-21(22)24(30)27(13-25-23)12-20(29)26-17-4-5-18-19(9-17)34-7-6-33-18/h4-5,9,13-15H,6-8,10-12H2,1-3H3,(H,26,29)/t14-,15-/m0/s1. The molecule has 0 aliphatic carbocycles. The second-order valence-electron chi connectivity index (χ2n) is 9.52. The maximum atomic E-state index is 13.7. The van der Waals surface area contributed by atoms with Gasteiger partial charge in [0.2, 0.25) is 15.9 Å². The second-order valence-corrected chi connectivity index (χ2v) is 12.6. The van der Waals surface area contributed by atoms with E-state index in [4.69, 9.17) is 9.47 Å². The molecule has 0 spiro atoms. The molecule has 1 saturated heterocycles. The van der Waals surface area contributed by atoms with Gasteiger partial charge in [0.05, 0.1) is 11.7 Å². The lowest BCUT2D eigenvalue weighted by atomic mass is 9.94. The third kappa shape index (κ3) is 4.60. The molecule has 2 aliphatic rings. The van der Waals surface area contributed by atoms with Crippen LogP contribution in [-0.2, 0) is 21.4 Å². The van der Waals surface area contributed by atoms with Crippen LogP contribution in [0.5, 0.6) is 11.5 Å². The Morgan fingerprint density at radius 2 is 1.86 bits per heavy atom. The highest BCUT2D eigenvalue weighted by atomic mass is 32.2. The number of carbonyl (C=O) groups is 1. The van der Waals surface area contributed by atoms with E-state index < -0.39 is 21.5 Å². The Balaban J connectivity index is 1.44. The monoisotopic (exact) mass is 532 g/mol. The molecule has 192 valence electrons. The van der Waals surface area contributed by atoms with E-state index in [1.165, 1.54) is 22.0 Å². The second kappa shape index (κ2) is 9.49. The van der Waals surface area contributed by atoms with Gasteiger partial charge in [-0.2, -0.15) is 4.31 Å². The van der Waals surface area contributed by atoms with E-state index >= 15 is 0 Å². The number of hydrogen-bond acceptors (Lipinski definition) is 8. The zero-order valence-corrected chi connectivity index (χ0v) is 21.9. The van der Waals surface area contributed by atoms with Crippen molar-refractivity contribution in [1.82, 2.24) is 13.9 Å². The van der Waals surface area contributed by atoms with Crippen LogP contribution in [0.4, 0.5) is 5.69 Å². The van der Waals surface area contributed by atoms with Crippen molar-refractivity contribution >= 4 is 43.2 Å². The van der Waals surface area contributed by atoms with Crippen molar-refractivity contribution < 1.29 is 22.7 Å². The van der Waals surface area contributed by atoms with Crippen LogP contribution in [0.15, 0.2) is 34.2 Å². The third-order valence-electron chi connectivity index (χ3n) is 6.37. The number of ether oxygens (including phenoxy) is 2. The Kier molecular flexibility index (Phi) is 6.52. The molecule has 12 heteroatoms.